The average Bonchev–Trinajstić information content (AvgIpc) is 2.77. The molecule has 0 spiro atoms. The number of nitrogens with two attached hydrogens (primary N) is 1. The SMILES string of the molecule is NCC1(C2(O)Cc3ccccc3C2)CCCOC1. The minimum Gasteiger partial charge on any atom is -0.388 e. The van der Waals surface area contributed by atoms with Gasteiger partial charge in [0, 0.05) is 31.4 Å². The molecule has 3 heteroatoms. The molecule has 0 aromatic heterocycles. The Hall–Kier alpha value is -0.900. The van der Waals surface area contributed by atoms with E-state index in [2.05, 4.69) is 12.1 Å². The monoisotopic (exact) mass is 247 g/mol. The van der Waals surface area contributed by atoms with Crippen molar-refractivity contribution in [2.75, 3.05) is 19.8 Å². The van der Waals surface area contributed by atoms with Crippen molar-refractivity contribution in [2.24, 2.45) is 11.1 Å². The molecule has 0 radical (unpaired) electrons. The zero-order valence-corrected chi connectivity index (χ0v) is 10.7. The first-order valence-corrected chi connectivity index (χ1v) is 6.76. The van der Waals surface area contributed by atoms with Crippen LogP contribution in [0.15, 0.2) is 24.3 Å². The Morgan fingerprint density at radius 1 is 1.22 bits per heavy atom. The number of hydrogen-bond donors (Lipinski definition) is 2. The lowest BCUT2D eigenvalue weighted by Gasteiger charge is -2.47. The summed E-state index contributed by atoms with van der Waals surface area (Å²) in [6.45, 7) is 1.89. The number of benzene rings is 1. The molecule has 3 nitrogen and oxygen atoms in total. The molecule has 3 N–H and O–H groups in total. The van der Waals surface area contributed by atoms with Crippen LogP contribution in [-0.4, -0.2) is 30.5 Å². The van der Waals surface area contributed by atoms with E-state index >= 15 is 0 Å². The topological polar surface area (TPSA) is 55.5 Å². The van der Waals surface area contributed by atoms with Gasteiger partial charge >= 0.3 is 0 Å². The summed E-state index contributed by atoms with van der Waals surface area (Å²) >= 11 is 0. The highest BCUT2D eigenvalue weighted by atomic mass is 16.5. The Morgan fingerprint density at radius 2 is 1.89 bits per heavy atom. The third-order valence-electron chi connectivity index (χ3n) is 4.78. The maximum atomic E-state index is 11.1. The molecule has 0 amide bonds. The van der Waals surface area contributed by atoms with Gasteiger partial charge in [-0.1, -0.05) is 24.3 Å². The fourth-order valence-corrected chi connectivity index (χ4v) is 3.54. The molecule has 2 aliphatic rings. The van der Waals surface area contributed by atoms with E-state index in [9.17, 15) is 5.11 Å². The van der Waals surface area contributed by atoms with Crippen molar-refractivity contribution in [1.82, 2.24) is 0 Å². The van der Waals surface area contributed by atoms with E-state index in [1.807, 2.05) is 12.1 Å². The lowest BCUT2D eigenvalue weighted by atomic mass is 9.67. The fourth-order valence-electron chi connectivity index (χ4n) is 3.54. The summed E-state index contributed by atoms with van der Waals surface area (Å²) in [6, 6.07) is 8.30. The third kappa shape index (κ3) is 1.69. The van der Waals surface area contributed by atoms with Gasteiger partial charge in [0.05, 0.1) is 12.2 Å². The van der Waals surface area contributed by atoms with Gasteiger partial charge in [0.25, 0.3) is 0 Å². The molecule has 18 heavy (non-hydrogen) atoms. The predicted molar refractivity (Wildman–Crippen MR) is 70.3 cm³/mol. The van der Waals surface area contributed by atoms with Gasteiger partial charge in [-0.05, 0) is 24.0 Å². The highest BCUT2D eigenvalue weighted by Crippen LogP contribution is 2.46. The maximum Gasteiger partial charge on any atom is 0.0818 e. The lowest BCUT2D eigenvalue weighted by Crippen LogP contribution is -2.57. The largest absolute Gasteiger partial charge is 0.388 e. The molecule has 3 rings (SSSR count). The molecule has 1 aliphatic carbocycles. The molecule has 1 aromatic carbocycles. The minimum atomic E-state index is -0.730. The van der Waals surface area contributed by atoms with Gasteiger partial charge in [0.15, 0.2) is 0 Å². The van der Waals surface area contributed by atoms with E-state index in [0.29, 0.717) is 26.0 Å². The summed E-state index contributed by atoms with van der Waals surface area (Å²) in [6.07, 6.45) is 3.39. The van der Waals surface area contributed by atoms with Crippen LogP contribution in [0.3, 0.4) is 0 Å². The van der Waals surface area contributed by atoms with Crippen LogP contribution in [-0.2, 0) is 17.6 Å². The van der Waals surface area contributed by atoms with Gasteiger partial charge in [0.2, 0.25) is 0 Å². The molecule has 0 saturated carbocycles. The molecular formula is C15H21NO2. The first-order valence-electron chi connectivity index (χ1n) is 6.76. The van der Waals surface area contributed by atoms with Crippen LogP contribution in [0.2, 0.25) is 0 Å². The molecule has 1 heterocycles. The summed E-state index contributed by atoms with van der Waals surface area (Å²) in [5.41, 5.74) is 7.52. The quantitative estimate of drug-likeness (QED) is 0.827. The van der Waals surface area contributed by atoms with Crippen molar-refractivity contribution in [2.45, 2.75) is 31.3 Å². The van der Waals surface area contributed by atoms with Gasteiger partial charge in [-0.15, -0.1) is 0 Å². The summed E-state index contributed by atoms with van der Waals surface area (Å²) in [5, 5.41) is 11.1. The van der Waals surface area contributed by atoms with Gasteiger partial charge in [0.1, 0.15) is 0 Å². The Bertz CT molecular complexity index is 413. The number of fused-ring (bicyclic) bond motifs is 1. The molecule has 1 aliphatic heterocycles. The second-order valence-electron chi connectivity index (χ2n) is 5.79. The van der Waals surface area contributed by atoms with Crippen LogP contribution in [0.25, 0.3) is 0 Å². The Morgan fingerprint density at radius 3 is 2.39 bits per heavy atom. The summed E-state index contributed by atoms with van der Waals surface area (Å²) in [4.78, 5) is 0. The summed E-state index contributed by atoms with van der Waals surface area (Å²) in [5.74, 6) is 0. The first-order chi connectivity index (χ1) is 8.69. The zero-order chi connectivity index (χ0) is 12.6. The van der Waals surface area contributed by atoms with E-state index in [4.69, 9.17) is 10.5 Å². The Labute approximate surface area is 108 Å². The van der Waals surface area contributed by atoms with E-state index in [1.165, 1.54) is 11.1 Å². The summed E-state index contributed by atoms with van der Waals surface area (Å²) < 4.78 is 5.61. The average molecular weight is 247 g/mol. The third-order valence-corrected chi connectivity index (χ3v) is 4.78. The van der Waals surface area contributed by atoms with Crippen molar-refractivity contribution < 1.29 is 9.84 Å². The van der Waals surface area contributed by atoms with E-state index in [-0.39, 0.29) is 5.41 Å². The van der Waals surface area contributed by atoms with Crippen LogP contribution in [0.1, 0.15) is 24.0 Å². The standard InChI is InChI=1S/C15H21NO2/c16-10-14(6-3-7-18-11-14)15(17)8-12-4-1-2-5-13(12)9-15/h1-2,4-5,17H,3,6-11,16H2. The van der Waals surface area contributed by atoms with E-state index < -0.39 is 5.60 Å². The van der Waals surface area contributed by atoms with Gasteiger partial charge in [-0.3, -0.25) is 0 Å². The second-order valence-corrected chi connectivity index (χ2v) is 5.79. The molecule has 1 saturated heterocycles. The normalized spacial score (nSPS) is 30.1. The number of rotatable bonds is 2. The molecule has 1 unspecified atom stereocenters. The van der Waals surface area contributed by atoms with Gasteiger partial charge in [-0.2, -0.15) is 0 Å². The first kappa shape index (κ1) is 12.2. The van der Waals surface area contributed by atoms with Crippen LogP contribution in [0.5, 0.6) is 0 Å². The summed E-state index contributed by atoms with van der Waals surface area (Å²) in [7, 11) is 0. The Balaban J connectivity index is 1.92. The highest BCUT2D eigenvalue weighted by Gasteiger charge is 2.53. The van der Waals surface area contributed by atoms with E-state index in [0.717, 1.165) is 19.4 Å². The Kier molecular flexibility index (Phi) is 2.93. The van der Waals surface area contributed by atoms with Crippen molar-refractivity contribution >= 4 is 0 Å². The van der Waals surface area contributed by atoms with E-state index in [1.54, 1.807) is 0 Å². The van der Waals surface area contributed by atoms with Gasteiger partial charge in [-0.25, -0.2) is 0 Å². The van der Waals surface area contributed by atoms with Gasteiger partial charge < -0.3 is 15.6 Å². The molecule has 1 aromatic rings. The fraction of sp³-hybridized carbons (Fsp3) is 0.600. The highest BCUT2D eigenvalue weighted by molar-refractivity contribution is 5.36. The number of hydrogen-bond acceptors (Lipinski definition) is 3. The minimum absolute atomic E-state index is 0.274. The molecule has 1 atom stereocenters. The van der Waals surface area contributed by atoms with Crippen LogP contribution in [0.4, 0.5) is 0 Å². The molecular weight excluding hydrogens is 226 g/mol. The second kappa shape index (κ2) is 4.34. The van der Waals surface area contributed by atoms with Crippen LogP contribution < -0.4 is 5.73 Å². The molecule has 0 bridgehead atoms. The van der Waals surface area contributed by atoms with Crippen molar-refractivity contribution in [3.63, 3.8) is 0 Å². The number of aliphatic hydroxyl groups is 1. The van der Waals surface area contributed by atoms with Crippen molar-refractivity contribution in [3.05, 3.63) is 35.4 Å². The van der Waals surface area contributed by atoms with Crippen LogP contribution in [0, 0.1) is 5.41 Å². The molecule has 98 valence electrons. The predicted octanol–water partition coefficient (Wildman–Crippen LogP) is 1.27. The maximum absolute atomic E-state index is 11.1. The lowest BCUT2D eigenvalue weighted by molar-refractivity contribution is -0.138. The van der Waals surface area contributed by atoms with Crippen LogP contribution >= 0.6 is 0 Å². The van der Waals surface area contributed by atoms with Crippen molar-refractivity contribution in [3.8, 4) is 0 Å². The number of ether oxygens (including phenoxy) is 1. The zero-order valence-electron chi connectivity index (χ0n) is 10.7. The van der Waals surface area contributed by atoms with Crippen molar-refractivity contribution in [1.29, 1.82) is 0 Å². The smallest absolute Gasteiger partial charge is 0.0818 e. The molecule has 1 fully saturated rings.